The fourth-order valence-electron chi connectivity index (χ4n) is 2.09. The molecule has 1 aromatic rings. The van der Waals surface area contributed by atoms with Crippen LogP contribution in [0.1, 0.15) is 57.4 Å². The summed E-state index contributed by atoms with van der Waals surface area (Å²) in [5.74, 6) is 0.388. The lowest BCUT2D eigenvalue weighted by atomic mass is 10.0. The van der Waals surface area contributed by atoms with Crippen LogP contribution in [-0.2, 0) is 6.42 Å². The Bertz CT molecular complexity index is 327. The molecule has 0 aromatic heterocycles. The Morgan fingerprint density at radius 3 is 2.16 bits per heavy atom. The van der Waals surface area contributed by atoms with Gasteiger partial charge in [0.1, 0.15) is 5.75 Å². The highest BCUT2D eigenvalue weighted by Gasteiger charge is 2.04. The summed E-state index contributed by atoms with van der Waals surface area (Å²) < 4.78 is 16.9. The van der Waals surface area contributed by atoms with E-state index in [1.807, 2.05) is 12.1 Å². The third kappa shape index (κ3) is 8.18. The van der Waals surface area contributed by atoms with Crippen LogP contribution in [0, 0.1) is 0 Å². The molecule has 0 spiro atoms. The Hall–Kier alpha value is -0.660. The van der Waals surface area contributed by atoms with Crippen molar-refractivity contribution in [2.75, 3.05) is 0 Å². The highest BCUT2D eigenvalue weighted by Crippen LogP contribution is 2.34. The maximum atomic E-state index is 12.3. The summed E-state index contributed by atoms with van der Waals surface area (Å²) in [6.45, 7) is 2.23. The summed E-state index contributed by atoms with van der Waals surface area (Å²) in [5, 5.41) is 0. The van der Waals surface area contributed by atoms with E-state index in [4.69, 9.17) is 4.89 Å². The zero-order valence-electron chi connectivity index (χ0n) is 11.6. The summed E-state index contributed by atoms with van der Waals surface area (Å²) in [5.41, 5.74) is 1.24. The minimum atomic E-state index is -2.81. The van der Waals surface area contributed by atoms with Crippen LogP contribution in [0.15, 0.2) is 24.3 Å². The number of hydrogen-bond acceptors (Lipinski definition) is 2. The van der Waals surface area contributed by atoms with Crippen molar-refractivity contribution >= 4 is 8.69 Å². The van der Waals surface area contributed by atoms with Gasteiger partial charge in [0.2, 0.25) is 0 Å². The molecule has 1 N–H and O–H groups in total. The molecule has 1 aromatic carbocycles. The highest BCUT2D eigenvalue weighted by molar-refractivity contribution is 7.40. The maximum Gasteiger partial charge on any atom is 0.436 e. The minimum absolute atomic E-state index is 0.388. The first-order chi connectivity index (χ1) is 9.22. The zero-order valence-corrected chi connectivity index (χ0v) is 12.5. The van der Waals surface area contributed by atoms with Gasteiger partial charge in [-0.25, -0.2) is 0 Å². The van der Waals surface area contributed by atoms with Crippen molar-refractivity contribution in [1.29, 1.82) is 0 Å². The maximum absolute atomic E-state index is 12.3. The molecule has 0 fully saturated rings. The van der Waals surface area contributed by atoms with E-state index in [2.05, 4.69) is 11.4 Å². The van der Waals surface area contributed by atoms with Gasteiger partial charge in [-0.1, -0.05) is 57.6 Å². The molecule has 19 heavy (non-hydrogen) atoms. The van der Waals surface area contributed by atoms with Gasteiger partial charge in [0, 0.05) is 0 Å². The van der Waals surface area contributed by atoms with Crippen LogP contribution in [0.5, 0.6) is 5.75 Å². The summed E-state index contributed by atoms with van der Waals surface area (Å²) in [6.07, 6.45) is 10.2. The molecule has 1 rings (SSSR count). The molecule has 0 bridgehead atoms. The molecule has 0 radical (unpaired) electrons. The molecule has 0 heterocycles. The Labute approximate surface area is 117 Å². The molecule has 1 atom stereocenters. The zero-order chi connectivity index (χ0) is 13.9. The third-order valence-electron chi connectivity index (χ3n) is 3.17. The molecule has 0 aliphatic heterocycles. The van der Waals surface area contributed by atoms with Crippen molar-refractivity contribution in [1.82, 2.24) is 0 Å². The first-order valence-electron chi connectivity index (χ1n) is 7.14. The van der Waals surface area contributed by atoms with Gasteiger partial charge in [0.05, 0.1) is 0 Å². The first kappa shape index (κ1) is 16.4. The van der Waals surface area contributed by atoms with Crippen LogP contribution in [0.2, 0.25) is 0 Å². The molecule has 0 aliphatic rings. The fraction of sp³-hybridized carbons (Fsp3) is 0.600. The number of unbranched alkanes of at least 4 members (excludes halogenated alkanes) is 6. The van der Waals surface area contributed by atoms with E-state index in [-0.39, 0.29) is 0 Å². The fourth-order valence-corrected chi connectivity index (χ4v) is 2.39. The second kappa shape index (κ2) is 10.2. The summed E-state index contributed by atoms with van der Waals surface area (Å²) in [4.78, 5) is 8.51. The van der Waals surface area contributed by atoms with E-state index < -0.39 is 8.69 Å². The van der Waals surface area contributed by atoms with Crippen LogP contribution >= 0.6 is 8.69 Å². The Morgan fingerprint density at radius 1 is 1.00 bits per heavy atom. The van der Waals surface area contributed by atoms with Crippen LogP contribution < -0.4 is 4.52 Å². The van der Waals surface area contributed by atoms with Crippen molar-refractivity contribution in [2.45, 2.75) is 58.3 Å². The number of rotatable bonds is 10. The molecule has 108 valence electrons. The molecule has 2 nitrogen and oxygen atoms in total. The predicted octanol–water partition coefficient (Wildman–Crippen LogP) is 5.55. The van der Waals surface area contributed by atoms with Crippen molar-refractivity contribution in [3.8, 4) is 5.75 Å². The van der Waals surface area contributed by atoms with Gasteiger partial charge in [-0.05, 0) is 30.5 Å². The van der Waals surface area contributed by atoms with E-state index >= 15 is 0 Å². The average molecular weight is 286 g/mol. The van der Waals surface area contributed by atoms with E-state index in [1.54, 1.807) is 12.1 Å². The molecule has 0 amide bonds. The van der Waals surface area contributed by atoms with Crippen molar-refractivity contribution in [2.24, 2.45) is 0 Å². The molecule has 0 saturated carbocycles. The summed E-state index contributed by atoms with van der Waals surface area (Å²) >= 11 is 0. The van der Waals surface area contributed by atoms with E-state index in [0.29, 0.717) is 5.75 Å². The molecular weight excluding hydrogens is 262 g/mol. The van der Waals surface area contributed by atoms with Crippen molar-refractivity contribution in [3.63, 3.8) is 0 Å². The van der Waals surface area contributed by atoms with Crippen LogP contribution in [0.25, 0.3) is 0 Å². The minimum Gasteiger partial charge on any atom is -0.424 e. The highest BCUT2D eigenvalue weighted by atomic mass is 31.2. The lowest BCUT2D eigenvalue weighted by Gasteiger charge is -2.05. The van der Waals surface area contributed by atoms with Gasteiger partial charge in [0.25, 0.3) is 0 Å². The lowest BCUT2D eigenvalue weighted by Crippen LogP contribution is -1.87. The van der Waals surface area contributed by atoms with Gasteiger partial charge >= 0.3 is 8.69 Å². The van der Waals surface area contributed by atoms with E-state index in [0.717, 1.165) is 6.42 Å². The molecular formula is C15H24FO2P. The Kier molecular flexibility index (Phi) is 8.77. The molecule has 4 heteroatoms. The Balaban J connectivity index is 2.12. The van der Waals surface area contributed by atoms with Crippen molar-refractivity contribution in [3.05, 3.63) is 29.8 Å². The van der Waals surface area contributed by atoms with Crippen LogP contribution in [0.4, 0.5) is 4.20 Å². The lowest BCUT2D eigenvalue weighted by molar-refractivity contribution is 0.434. The van der Waals surface area contributed by atoms with Crippen molar-refractivity contribution < 1.29 is 13.6 Å². The normalized spacial score (nSPS) is 12.4. The average Bonchev–Trinajstić information content (AvgIpc) is 2.39. The number of benzene rings is 1. The predicted molar refractivity (Wildman–Crippen MR) is 79.0 cm³/mol. The van der Waals surface area contributed by atoms with Gasteiger partial charge in [-0.15, -0.1) is 4.20 Å². The third-order valence-corrected chi connectivity index (χ3v) is 3.53. The largest absolute Gasteiger partial charge is 0.436 e. The standard InChI is InChI=1S/C15H24FO2P/c1-2-3-4-5-6-7-8-9-14-10-12-15(13-11-14)18-19(16)17/h10-13,17H,2-9H2,1H3. The number of aryl methyl sites for hydroxylation is 1. The van der Waals surface area contributed by atoms with Gasteiger partial charge in [-0.3, -0.25) is 0 Å². The molecule has 0 aliphatic carbocycles. The smallest absolute Gasteiger partial charge is 0.424 e. The SMILES string of the molecule is CCCCCCCCCc1ccc(OP(O)F)cc1. The van der Waals surface area contributed by atoms with Gasteiger partial charge in [-0.2, -0.15) is 0 Å². The quantitative estimate of drug-likeness (QED) is 0.451. The molecule has 1 unspecified atom stereocenters. The number of hydrogen-bond donors (Lipinski definition) is 1. The summed E-state index contributed by atoms with van der Waals surface area (Å²) in [6, 6.07) is 7.29. The van der Waals surface area contributed by atoms with E-state index in [1.165, 1.54) is 50.5 Å². The van der Waals surface area contributed by atoms with Gasteiger partial charge < -0.3 is 9.42 Å². The van der Waals surface area contributed by atoms with E-state index in [9.17, 15) is 4.20 Å². The van der Waals surface area contributed by atoms with Gasteiger partial charge in [0.15, 0.2) is 0 Å². The monoisotopic (exact) mass is 286 g/mol. The second-order valence-electron chi connectivity index (χ2n) is 4.83. The Morgan fingerprint density at radius 2 is 1.58 bits per heavy atom. The number of halogens is 1. The first-order valence-corrected chi connectivity index (χ1v) is 8.24. The second-order valence-corrected chi connectivity index (χ2v) is 5.47. The molecule has 0 saturated heterocycles. The summed E-state index contributed by atoms with van der Waals surface area (Å²) in [7, 11) is -2.81. The van der Waals surface area contributed by atoms with Crippen LogP contribution in [0.3, 0.4) is 0 Å². The van der Waals surface area contributed by atoms with Crippen LogP contribution in [-0.4, -0.2) is 4.89 Å². The topological polar surface area (TPSA) is 29.5 Å².